The van der Waals surface area contributed by atoms with Crippen molar-refractivity contribution in [1.82, 2.24) is 10.3 Å². The zero-order chi connectivity index (χ0) is 18.5. The third-order valence-corrected chi connectivity index (χ3v) is 4.72. The van der Waals surface area contributed by atoms with Gasteiger partial charge in [-0.15, -0.1) is 11.3 Å². The molecule has 26 heavy (non-hydrogen) atoms. The summed E-state index contributed by atoms with van der Waals surface area (Å²) >= 11 is 1.47. The Bertz CT molecular complexity index is 932. The van der Waals surface area contributed by atoms with Gasteiger partial charge in [0, 0.05) is 22.2 Å². The van der Waals surface area contributed by atoms with Crippen LogP contribution in [-0.4, -0.2) is 16.7 Å². The minimum atomic E-state index is -0.106. The van der Waals surface area contributed by atoms with Gasteiger partial charge in [0.2, 0.25) is 0 Å². The average Bonchev–Trinajstić information content (AvgIpc) is 3.08. The molecule has 1 heterocycles. The molecule has 1 amide bonds. The topological polar surface area (TPSA) is 71.1 Å². The SMILES string of the molecule is CC(=O)c1ccc(Nc2nc(CNC(=O)c3ccccc3C)cs2)cc1. The van der Waals surface area contributed by atoms with Crippen LogP contribution in [0.25, 0.3) is 0 Å². The van der Waals surface area contributed by atoms with E-state index in [1.54, 1.807) is 19.1 Å². The molecule has 0 aliphatic carbocycles. The van der Waals surface area contributed by atoms with E-state index in [-0.39, 0.29) is 11.7 Å². The van der Waals surface area contributed by atoms with Gasteiger partial charge in [0.15, 0.2) is 10.9 Å². The Kier molecular flexibility index (Phi) is 5.43. The van der Waals surface area contributed by atoms with Gasteiger partial charge in [0.25, 0.3) is 5.91 Å². The Labute approximate surface area is 156 Å². The van der Waals surface area contributed by atoms with Crippen LogP contribution in [0.1, 0.15) is 38.9 Å². The van der Waals surface area contributed by atoms with E-state index in [1.165, 1.54) is 11.3 Å². The second-order valence-corrected chi connectivity index (χ2v) is 6.76. The van der Waals surface area contributed by atoms with Crippen LogP contribution in [-0.2, 0) is 6.54 Å². The molecule has 2 N–H and O–H groups in total. The van der Waals surface area contributed by atoms with Gasteiger partial charge in [-0.2, -0.15) is 0 Å². The maximum atomic E-state index is 12.2. The summed E-state index contributed by atoms with van der Waals surface area (Å²) in [6.45, 7) is 3.83. The standard InChI is InChI=1S/C20H19N3O2S/c1-13-5-3-4-6-18(13)19(25)21-11-17-12-26-20(23-17)22-16-9-7-15(8-10-16)14(2)24/h3-10,12H,11H2,1-2H3,(H,21,25)(H,22,23). The van der Waals surface area contributed by atoms with Gasteiger partial charge in [0.05, 0.1) is 12.2 Å². The van der Waals surface area contributed by atoms with E-state index >= 15 is 0 Å². The van der Waals surface area contributed by atoms with E-state index in [0.717, 1.165) is 22.1 Å². The highest BCUT2D eigenvalue weighted by Gasteiger charge is 2.09. The summed E-state index contributed by atoms with van der Waals surface area (Å²) in [5.41, 5.74) is 3.94. The number of Topliss-reactive ketones (excluding diaryl/α,β-unsaturated/α-hetero) is 1. The highest BCUT2D eigenvalue weighted by Crippen LogP contribution is 2.21. The minimum absolute atomic E-state index is 0.0393. The summed E-state index contributed by atoms with van der Waals surface area (Å²) in [6.07, 6.45) is 0. The highest BCUT2D eigenvalue weighted by molar-refractivity contribution is 7.13. The summed E-state index contributed by atoms with van der Waals surface area (Å²) in [6, 6.07) is 14.7. The second kappa shape index (κ2) is 7.93. The smallest absolute Gasteiger partial charge is 0.251 e. The number of carbonyl (C=O) groups is 2. The fraction of sp³-hybridized carbons (Fsp3) is 0.150. The number of hydrogen-bond donors (Lipinski definition) is 2. The Morgan fingerprint density at radius 2 is 1.81 bits per heavy atom. The van der Waals surface area contributed by atoms with Crippen molar-refractivity contribution < 1.29 is 9.59 Å². The van der Waals surface area contributed by atoms with Crippen molar-refractivity contribution in [2.75, 3.05) is 5.32 Å². The van der Waals surface area contributed by atoms with Crippen molar-refractivity contribution >= 4 is 33.8 Å². The van der Waals surface area contributed by atoms with E-state index < -0.39 is 0 Å². The van der Waals surface area contributed by atoms with E-state index in [0.29, 0.717) is 17.7 Å². The number of ketones is 1. The number of rotatable bonds is 6. The third-order valence-electron chi connectivity index (χ3n) is 3.91. The second-order valence-electron chi connectivity index (χ2n) is 5.90. The number of aromatic nitrogens is 1. The monoisotopic (exact) mass is 365 g/mol. The molecule has 5 nitrogen and oxygen atoms in total. The number of carbonyl (C=O) groups excluding carboxylic acids is 2. The number of thiazole rings is 1. The lowest BCUT2D eigenvalue weighted by molar-refractivity contribution is 0.0949. The molecule has 0 saturated heterocycles. The van der Waals surface area contributed by atoms with E-state index in [9.17, 15) is 9.59 Å². The lowest BCUT2D eigenvalue weighted by Crippen LogP contribution is -2.23. The lowest BCUT2D eigenvalue weighted by atomic mass is 10.1. The van der Waals surface area contributed by atoms with Crippen molar-refractivity contribution in [2.24, 2.45) is 0 Å². The molecule has 6 heteroatoms. The highest BCUT2D eigenvalue weighted by atomic mass is 32.1. The minimum Gasteiger partial charge on any atom is -0.346 e. The number of amides is 1. The predicted molar refractivity (Wildman–Crippen MR) is 104 cm³/mol. The van der Waals surface area contributed by atoms with Gasteiger partial charge in [-0.05, 0) is 49.7 Å². The summed E-state index contributed by atoms with van der Waals surface area (Å²) in [7, 11) is 0. The van der Waals surface area contributed by atoms with Gasteiger partial charge >= 0.3 is 0 Å². The first kappa shape index (κ1) is 17.8. The molecule has 1 aromatic heterocycles. The molecule has 2 aromatic carbocycles. The van der Waals surface area contributed by atoms with Crippen LogP contribution in [0.4, 0.5) is 10.8 Å². The molecular weight excluding hydrogens is 346 g/mol. The summed E-state index contributed by atoms with van der Waals surface area (Å²) in [4.78, 5) is 28.0. The normalized spacial score (nSPS) is 10.4. The quantitative estimate of drug-likeness (QED) is 0.638. The molecule has 0 saturated carbocycles. The van der Waals surface area contributed by atoms with Crippen LogP contribution in [0.2, 0.25) is 0 Å². The first-order valence-electron chi connectivity index (χ1n) is 8.19. The van der Waals surface area contributed by atoms with Crippen LogP contribution in [0.3, 0.4) is 0 Å². The molecular formula is C20H19N3O2S. The number of benzene rings is 2. The van der Waals surface area contributed by atoms with Crippen LogP contribution in [0, 0.1) is 6.92 Å². The Balaban J connectivity index is 1.58. The lowest BCUT2D eigenvalue weighted by Gasteiger charge is -2.06. The molecule has 0 unspecified atom stereocenters. The fourth-order valence-electron chi connectivity index (χ4n) is 2.45. The van der Waals surface area contributed by atoms with Crippen LogP contribution >= 0.6 is 11.3 Å². The predicted octanol–water partition coefficient (Wildman–Crippen LogP) is 4.33. The zero-order valence-corrected chi connectivity index (χ0v) is 15.4. The van der Waals surface area contributed by atoms with E-state index in [4.69, 9.17) is 0 Å². The number of aryl methyl sites for hydroxylation is 1. The Hall–Kier alpha value is -2.99. The van der Waals surface area contributed by atoms with Crippen LogP contribution < -0.4 is 10.6 Å². The number of anilines is 2. The van der Waals surface area contributed by atoms with Crippen LogP contribution in [0.15, 0.2) is 53.9 Å². The Morgan fingerprint density at radius 3 is 2.50 bits per heavy atom. The largest absolute Gasteiger partial charge is 0.346 e. The summed E-state index contributed by atoms with van der Waals surface area (Å²) in [5.74, 6) is -0.0668. The zero-order valence-electron chi connectivity index (χ0n) is 14.6. The number of nitrogens with zero attached hydrogens (tertiary/aromatic N) is 1. The molecule has 3 rings (SSSR count). The van der Waals surface area contributed by atoms with Crippen molar-refractivity contribution in [2.45, 2.75) is 20.4 Å². The van der Waals surface area contributed by atoms with Crippen molar-refractivity contribution in [3.05, 3.63) is 76.3 Å². The maximum Gasteiger partial charge on any atom is 0.251 e. The van der Waals surface area contributed by atoms with Gasteiger partial charge in [-0.1, -0.05) is 18.2 Å². The van der Waals surface area contributed by atoms with Gasteiger partial charge in [-0.25, -0.2) is 4.98 Å². The van der Waals surface area contributed by atoms with Gasteiger partial charge in [-0.3, -0.25) is 9.59 Å². The molecule has 0 spiro atoms. The number of hydrogen-bond acceptors (Lipinski definition) is 5. The Morgan fingerprint density at radius 1 is 1.08 bits per heavy atom. The molecule has 0 aliphatic rings. The molecule has 3 aromatic rings. The summed E-state index contributed by atoms with van der Waals surface area (Å²) < 4.78 is 0. The third kappa shape index (κ3) is 4.34. The first-order valence-corrected chi connectivity index (χ1v) is 9.07. The molecule has 0 bridgehead atoms. The van der Waals surface area contributed by atoms with Crippen LogP contribution in [0.5, 0.6) is 0 Å². The van der Waals surface area contributed by atoms with E-state index in [2.05, 4.69) is 15.6 Å². The maximum absolute atomic E-state index is 12.2. The molecule has 0 fully saturated rings. The van der Waals surface area contributed by atoms with E-state index in [1.807, 2.05) is 48.7 Å². The van der Waals surface area contributed by atoms with Gasteiger partial charge < -0.3 is 10.6 Å². The summed E-state index contributed by atoms with van der Waals surface area (Å²) in [5, 5.41) is 8.74. The van der Waals surface area contributed by atoms with Crippen molar-refractivity contribution in [1.29, 1.82) is 0 Å². The fourth-order valence-corrected chi connectivity index (χ4v) is 3.18. The molecule has 132 valence electrons. The van der Waals surface area contributed by atoms with Crippen molar-refractivity contribution in [3.8, 4) is 0 Å². The first-order chi connectivity index (χ1) is 12.5. The molecule has 0 aliphatic heterocycles. The molecule has 0 atom stereocenters. The van der Waals surface area contributed by atoms with Crippen molar-refractivity contribution in [3.63, 3.8) is 0 Å². The average molecular weight is 365 g/mol. The molecule has 0 radical (unpaired) electrons. The number of nitrogens with one attached hydrogen (secondary N) is 2. The van der Waals surface area contributed by atoms with Gasteiger partial charge in [0.1, 0.15) is 0 Å².